The smallest absolute Gasteiger partial charge is 0.132 e. The summed E-state index contributed by atoms with van der Waals surface area (Å²) in [5.41, 5.74) is 7.42. The third-order valence-corrected chi connectivity index (χ3v) is 2.67. The lowest BCUT2D eigenvalue weighted by molar-refractivity contribution is 0.290. The van der Waals surface area contributed by atoms with Gasteiger partial charge in [0.2, 0.25) is 0 Å². The van der Waals surface area contributed by atoms with E-state index < -0.39 is 0 Å². The first-order valence-corrected chi connectivity index (χ1v) is 6.14. The van der Waals surface area contributed by atoms with E-state index in [1.54, 1.807) is 0 Å². The zero-order valence-electron chi connectivity index (χ0n) is 10.5. The molecule has 0 spiro atoms. The summed E-state index contributed by atoms with van der Waals surface area (Å²) in [6, 6.07) is 9.70. The second-order valence-electron chi connectivity index (χ2n) is 4.01. The number of hydrogen-bond acceptors (Lipinski definition) is 4. The molecular formula is C13H18N4O. The van der Waals surface area contributed by atoms with Crippen molar-refractivity contribution in [3.63, 3.8) is 0 Å². The maximum absolute atomic E-state index is 5.72. The van der Waals surface area contributed by atoms with Gasteiger partial charge in [-0.05, 0) is 18.6 Å². The number of nitrogens with zero attached hydrogens (tertiary/aromatic N) is 3. The average Bonchev–Trinajstić information content (AvgIpc) is 2.80. The predicted molar refractivity (Wildman–Crippen MR) is 69.0 cm³/mol. The Bertz CT molecular complexity index is 481. The SMILES string of the molecule is CCCn1nnc(CN)c1COc1ccccc1. The third-order valence-electron chi connectivity index (χ3n) is 2.67. The molecule has 0 fully saturated rings. The van der Waals surface area contributed by atoms with Crippen LogP contribution in [0.25, 0.3) is 0 Å². The van der Waals surface area contributed by atoms with E-state index in [-0.39, 0.29) is 0 Å². The molecule has 0 atom stereocenters. The van der Waals surface area contributed by atoms with Crippen LogP contribution in [-0.4, -0.2) is 15.0 Å². The molecule has 5 heteroatoms. The van der Waals surface area contributed by atoms with E-state index in [9.17, 15) is 0 Å². The maximum atomic E-state index is 5.72. The number of hydrogen-bond donors (Lipinski definition) is 1. The number of benzene rings is 1. The second-order valence-corrected chi connectivity index (χ2v) is 4.01. The second kappa shape index (κ2) is 6.16. The van der Waals surface area contributed by atoms with Gasteiger partial charge in [-0.3, -0.25) is 0 Å². The Balaban J connectivity index is 2.10. The van der Waals surface area contributed by atoms with Crippen LogP contribution in [0.5, 0.6) is 5.75 Å². The van der Waals surface area contributed by atoms with Gasteiger partial charge in [-0.15, -0.1) is 5.10 Å². The summed E-state index contributed by atoms with van der Waals surface area (Å²) in [6.45, 7) is 3.77. The van der Waals surface area contributed by atoms with Crippen LogP contribution in [0.3, 0.4) is 0 Å². The van der Waals surface area contributed by atoms with E-state index in [2.05, 4.69) is 17.2 Å². The summed E-state index contributed by atoms with van der Waals surface area (Å²) in [5, 5.41) is 8.17. The van der Waals surface area contributed by atoms with Gasteiger partial charge in [-0.1, -0.05) is 30.3 Å². The Morgan fingerprint density at radius 3 is 2.72 bits per heavy atom. The molecule has 1 aromatic carbocycles. The van der Waals surface area contributed by atoms with E-state index in [1.807, 2.05) is 35.0 Å². The highest BCUT2D eigenvalue weighted by Gasteiger charge is 2.11. The van der Waals surface area contributed by atoms with E-state index >= 15 is 0 Å². The summed E-state index contributed by atoms with van der Waals surface area (Å²) in [5.74, 6) is 0.838. The molecule has 0 radical (unpaired) electrons. The summed E-state index contributed by atoms with van der Waals surface area (Å²) in [6.07, 6.45) is 1.01. The normalized spacial score (nSPS) is 10.6. The van der Waals surface area contributed by atoms with Crippen molar-refractivity contribution in [1.82, 2.24) is 15.0 Å². The topological polar surface area (TPSA) is 66.0 Å². The number of ether oxygens (including phenoxy) is 1. The zero-order valence-corrected chi connectivity index (χ0v) is 10.5. The molecule has 1 aromatic heterocycles. The standard InChI is InChI=1S/C13H18N4O/c1-2-8-17-13(12(9-14)15-16-17)10-18-11-6-4-3-5-7-11/h3-7H,2,8-10,14H2,1H3. The van der Waals surface area contributed by atoms with Gasteiger partial charge in [0.15, 0.2) is 0 Å². The molecule has 18 heavy (non-hydrogen) atoms. The molecule has 0 aliphatic heterocycles. The summed E-state index contributed by atoms with van der Waals surface area (Å²) >= 11 is 0. The Morgan fingerprint density at radius 2 is 2.06 bits per heavy atom. The first kappa shape index (κ1) is 12.6. The van der Waals surface area contributed by atoms with Crippen molar-refractivity contribution >= 4 is 0 Å². The summed E-state index contributed by atoms with van der Waals surface area (Å²) < 4.78 is 7.59. The molecule has 2 N–H and O–H groups in total. The molecule has 5 nitrogen and oxygen atoms in total. The molecule has 0 saturated carbocycles. The highest BCUT2D eigenvalue weighted by atomic mass is 16.5. The number of para-hydroxylation sites is 1. The van der Waals surface area contributed by atoms with Crippen LogP contribution in [0.15, 0.2) is 30.3 Å². The van der Waals surface area contributed by atoms with Crippen molar-refractivity contribution in [2.24, 2.45) is 5.73 Å². The van der Waals surface area contributed by atoms with Gasteiger partial charge in [0.1, 0.15) is 23.7 Å². The van der Waals surface area contributed by atoms with E-state index in [1.165, 1.54) is 0 Å². The lowest BCUT2D eigenvalue weighted by atomic mass is 10.3. The van der Waals surface area contributed by atoms with Crippen LogP contribution >= 0.6 is 0 Å². The highest BCUT2D eigenvalue weighted by Crippen LogP contribution is 2.13. The first-order valence-electron chi connectivity index (χ1n) is 6.14. The molecule has 0 unspecified atom stereocenters. The lowest BCUT2D eigenvalue weighted by Crippen LogP contribution is -2.10. The van der Waals surface area contributed by atoms with Crippen LogP contribution < -0.4 is 10.5 Å². The van der Waals surface area contributed by atoms with Crippen LogP contribution in [0, 0.1) is 0 Å². The van der Waals surface area contributed by atoms with E-state index in [4.69, 9.17) is 10.5 Å². The summed E-state index contributed by atoms with van der Waals surface area (Å²) in [7, 11) is 0. The zero-order chi connectivity index (χ0) is 12.8. The van der Waals surface area contributed by atoms with Gasteiger partial charge in [0.05, 0.1) is 0 Å². The molecule has 0 aliphatic carbocycles. The van der Waals surface area contributed by atoms with Crippen molar-refractivity contribution in [3.8, 4) is 5.75 Å². The van der Waals surface area contributed by atoms with Crippen LogP contribution in [0.1, 0.15) is 24.7 Å². The minimum atomic E-state index is 0.386. The monoisotopic (exact) mass is 246 g/mol. The Kier molecular flexibility index (Phi) is 4.30. The van der Waals surface area contributed by atoms with Gasteiger partial charge in [0, 0.05) is 13.1 Å². The number of nitrogens with two attached hydrogens (primary N) is 1. The largest absolute Gasteiger partial charge is 0.487 e. The average molecular weight is 246 g/mol. The fourth-order valence-corrected chi connectivity index (χ4v) is 1.74. The van der Waals surface area contributed by atoms with Crippen LogP contribution in [0.2, 0.25) is 0 Å². The lowest BCUT2D eigenvalue weighted by Gasteiger charge is -2.08. The first-order chi connectivity index (χ1) is 8.85. The van der Waals surface area contributed by atoms with Crippen molar-refractivity contribution in [2.45, 2.75) is 33.0 Å². The van der Waals surface area contributed by atoms with Crippen molar-refractivity contribution in [1.29, 1.82) is 0 Å². The predicted octanol–water partition coefficient (Wildman–Crippen LogP) is 1.73. The quantitative estimate of drug-likeness (QED) is 0.843. The Labute approximate surface area is 107 Å². The van der Waals surface area contributed by atoms with Gasteiger partial charge in [-0.2, -0.15) is 0 Å². The molecule has 0 bridgehead atoms. The minimum Gasteiger partial charge on any atom is -0.487 e. The molecule has 1 heterocycles. The van der Waals surface area contributed by atoms with Crippen molar-refractivity contribution in [2.75, 3.05) is 0 Å². The maximum Gasteiger partial charge on any atom is 0.132 e. The van der Waals surface area contributed by atoms with Gasteiger partial charge < -0.3 is 10.5 Å². The van der Waals surface area contributed by atoms with Crippen LogP contribution in [0.4, 0.5) is 0 Å². The fraction of sp³-hybridized carbons (Fsp3) is 0.385. The molecule has 0 saturated heterocycles. The Hall–Kier alpha value is -1.88. The number of aryl methyl sites for hydroxylation is 1. The van der Waals surface area contributed by atoms with Crippen molar-refractivity contribution in [3.05, 3.63) is 41.7 Å². The molecular weight excluding hydrogens is 228 g/mol. The Morgan fingerprint density at radius 1 is 1.28 bits per heavy atom. The molecule has 96 valence electrons. The molecule has 0 amide bonds. The van der Waals surface area contributed by atoms with Gasteiger partial charge >= 0.3 is 0 Å². The third kappa shape index (κ3) is 2.87. The van der Waals surface area contributed by atoms with Gasteiger partial charge in [-0.25, -0.2) is 4.68 Å². The number of aromatic nitrogens is 3. The van der Waals surface area contributed by atoms with E-state index in [0.717, 1.165) is 30.1 Å². The number of rotatable bonds is 6. The minimum absolute atomic E-state index is 0.386. The van der Waals surface area contributed by atoms with Crippen LogP contribution in [-0.2, 0) is 19.7 Å². The highest BCUT2D eigenvalue weighted by molar-refractivity contribution is 5.21. The van der Waals surface area contributed by atoms with Gasteiger partial charge in [0.25, 0.3) is 0 Å². The molecule has 0 aliphatic rings. The van der Waals surface area contributed by atoms with Crippen molar-refractivity contribution < 1.29 is 4.74 Å². The summed E-state index contributed by atoms with van der Waals surface area (Å²) in [4.78, 5) is 0. The fourth-order valence-electron chi connectivity index (χ4n) is 1.74. The molecule has 2 aromatic rings. The van der Waals surface area contributed by atoms with E-state index in [0.29, 0.717) is 13.2 Å². The molecule has 2 rings (SSSR count).